The first-order valence-electron chi connectivity index (χ1n) is 12.2. The minimum atomic E-state index is -1.39. The van der Waals surface area contributed by atoms with E-state index in [1.807, 2.05) is 0 Å². The number of esters is 4. The summed E-state index contributed by atoms with van der Waals surface area (Å²) >= 11 is 0. The maximum atomic E-state index is 12.9. The SMILES string of the molecule is CC(=O)O[C@H]1/C=C\C(C)=C\[C@@H]2OC(=O)[C@]3(C)O[C@]23[C@@H](OC(C)=O)[C@H]2[C@@H](C)[C@H](O)C[C@H](OC(C)=O)[C@@]21C. The van der Waals surface area contributed by atoms with Crippen LogP contribution in [0, 0.1) is 17.3 Å². The van der Waals surface area contributed by atoms with Crippen LogP contribution >= 0.6 is 0 Å². The number of aliphatic hydroxyl groups is 1. The molecule has 2 aliphatic heterocycles. The van der Waals surface area contributed by atoms with E-state index in [0.717, 1.165) is 0 Å². The molecule has 0 amide bonds. The first-order valence-corrected chi connectivity index (χ1v) is 12.2. The topological polar surface area (TPSA) is 138 Å². The molecule has 4 rings (SSSR count). The summed E-state index contributed by atoms with van der Waals surface area (Å²) < 4.78 is 29.3. The van der Waals surface area contributed by atoms with Crippen molar-refractivity contribution >= 4 is 23.9 Å². The van der Waals surface area contributed by atoms with Gasteiger partial charge in [-0.2, -0.15) is 0 Å². The normalized spacial score (nSPS) is 47.5. The minimum absolute atomic E-state index is 0.0744. The molecule has 0 radical (unpaired) electrons. The van der Waals surface area contributed by atoms with E-state index in [1.165, 1.54) is 20.8 Å². The van der Waals surface area contributed by atoms with Gasteiger partial charge in [0.2, 0.25) is 0 Å². The Morgan fingerprint density at radius 3 is 2.22 bits per heavy atom. The van der Waals surface area contributed by atoms with Gasteiger partial charge in [-0.25, -0.2) is 4.79 Å². The molecule has 0 unspecified atom stereocenters. The van der Waals surface area contributed by atoms with Crippen molar-refractivity contribution in [3.63, 3.8) is 0 Å². The van der Waals surface area contributed by atoms with Gasteiger partial charge in [0.05, 0.1) is 11.5 Å². The van der Waals surface area contributed by atoms with E-state index in [9.17, 15) is 24.3 Å². The summed E-state index contributed by atoms with van der Waals surface area (Å²) in [4.78, 5) is 49.8. The second kappa shape index (κ2) is 8.69. The van der Waals surface area contributed by atoms with Gasteiger partial charge in [0, 0.05) is 33.1 Å². The summed E-state index contributed by atoms with van der Waals surface area (Å²) in [6, 6.07) is 0. The third kappa shape index (κ3) is 3.76. The molecule has 0 bridgehead atoms. The van der Waals surface area contributed by atoms with Crippen LogP contribution in [-0.2, 0) is 42.9 Å². The number of hydrogen-bond donors (Lipinski definition) is 1. The number of fused-ring (bicyclic) bond motifs is 1. The quantitative estimate of drug-likeness (QED) is 0.342. The summed E-state index contributed by atoms with van der Waals surface area (Å²) in [5.74, 6) is -3.67. The van der Waals surface area contributed by atoms with E-state index >= 15 is 0 Å². The van der Waals surface area contributed by atoms with Crippen LogP contribution in [0.1, 0.15) is 54.9 Å². The van der Waals surface area contributed by atoms with Crippen molar-refractivity contribution < 1.29 is 48.0 Å². The van der Waals surface area contributed by atoms with Gasteiger partial charge in [0.25, 0.3) is 0 Å². The third-order valence-electron chi connectivity index (χ3n) is 8.37. The second-order valence-corrected chi connectivity index (χ2v) is 10.7. The standard InChI is InChI=1S/C26H34O10/c1-12-8-9-18(32-14(3)27)24(6)19(33-15(4)28)11-17(30)13(2)21(24)22(34-16(5)29)26-20(10-12)35-23(31)25(26,7)36-26/h8-10,13,17-22,30H,11H2,1-7H3/b9-8-,12-10+/t13-,17+,18-,19-,20-,21+,22-,24-,25-,26-/m0/s1. The molecule has 1 saturated carbocycles. The fourth-order valence-electron chi connectivity index (χ4n) is 6.56. The van der Waals surface area contributed by atoms with Crippen molar-refractivity contribution in [1.82, 2.24) is 0 Å². The van der Waals surface area contributed by atoms with E-state index in [4.69, 9.17) is 23.7 Å². The Labute approximate surface area is 209 Å². The van der Waals surface area contributed by atoms with E-state index in [-0.39, 0.29) is 6.42 Å². The summed E-state index contributed by atoms with van der Waals surface area (Å²) in [6.07, 6.45) is 0.419. The molecule has 0 aromatic carbocycles. The Morgan fingerprint density at radius 1 is 1.06 bits per heavy atom. The Balaban J connectivity index is 2.01. The van der Waals surface area contributed by atoms with Gasteiger partial charge in [-0.05, 0) is 31.9 Å². The fraction of sp³-hybridized carbons (Fsp3) is 0.692. The van der Waals surface area contributed by atoms with Crippen LogP contribution < -0.4 is 0 Å². The smallest absolute Gasteiger partial charge is 0.342 e. The summed E-state index contributed by atoms with van der Waals surface area (Å²) in [6.45, 7) is 10.7. The molecule has 10 atom stereocenters. The first kappa shape index (κ1) is 26.3. The van der Waals surface area contributed by atoms with E-state index in [2.05, 4.69) is 0 Å². The van der Waals surface area contributed by atoms with Gasteiger partial charge < -0.3 is 28.8 Å². The van der Waals surface area contributed by atoms with E-state index < -0.39 is 82.8 Å². The van der Waals surface area contributed by atoms with Crippen LogP contribution in [-0.4, -0.2) is 70.7 Å². The molecular formula is C26H34O10. The van der Waals surface area contributed by atoms with Crippen LogP contribution in [0.25, 0.3) is 0 Å². The highest BCUT2D eigenvalue weighted by Gasteiger charge is 2.87. The van der Waals surface area contributed by atoms with Gasteiger partial charge in [-0.15, -0.1) is 0 Å². The van der Waals surface area contributed by atoms with Crippen molar-refractivity contribution in [2.24, 2.45) is 17.3 Å². The van der Waals surface area contributed by atoms with E-state index in [1.54, 1.807) is 45.9 Å². The van der Waals surface area contributed by atoms with Gasteiger partial charge in [-0.1, -0.05) is 25.5 Å². The Morgan fingerprint density at radius 2 is 1.67 bits per heavy atom. The molecular weight excluding hydrogens is 472 g/mol. The average Bonchev–Trinajstić information content (AvgIpc) is 3.34. The molecule has 4 aliphatic rings. The highest BCUT2D eigenvalue weighted by Crippen LogP contribution is 2.65. The second-order valence-electron chi connectivity index (χ2n) is 10.7. The molecule has 10 nitrogen and oxygen atoms in total. The predicted molar refractivity (Wildman–Crippen MR) is 123 cm³/mol. The van der Waals surface area contributed by atoms with Gasteiger partial charge in [-0.3, -0.25) is 14.4 Å². The predicted octanol–water partition coefficient (Wildman–Crippen LogP) is 1.77. The molecule has 1 N–H and O–H groups in total. The van der Waals surface area contributed by atoms with Crippen LogP contribution in [0.4, 0.5) is 0 Å². The summed E-state index contributed by atoms with van der Waals surface area (Å²) in [5.41, 5.74) is -3.28. The van der Waals surface area contributed by atoms with Crippen LogP contribution in [0.2, 0.25) is 0 Å². The van der Waals surface area contributed by atoms with Crippen LogP contribution in [0.15, 0.2) is 23.8 Å². The summed E-state index contributed by atoms with van der Waals surface area (Å²) in [5, 5.41) is 11.1. The molecule has 0 aromatic rings. The zero-order valence-electron chi connectivity index (χ0n) is 21.6. The largest absolute Gasteiger partial charge is 0.462 e. The number of rotatable bonds is 3. The molecule has 36 heavy (non-hydrogen) atoms. The maximum absolute atomic E-state index is 12.9. The van der Waals surface area contributed by atoms with Crippen molar-refractivity contribution in [3.8, 4) is 0 Å². The van der Waals surface area contributed by atoms with Gasteiger partial charge in [0.15, 0.2) is 17.3 Å². The average molecular weight is 507 g/mol. The zero-order chi connectivity index (χ0) is 26.8. The number of ether oxygens (including phenoxy) is 5. The number of allylic oxidation sites excluding steroid dienone is 2. The van der Waals surface area contributed by atoms with Crippen molar-refractivity contribution in [2.75, 3.05) is 0 Å². The third-order valence-corrected chi connectivity index (χ3v) is 8.37. The summed E-state index contributed by atoms with van der Waals surface area (Å²) in [7, 11) is 0. The fourth-order valence-corrected chi connectivity index (χ4v) is 6.56. The number of aliphatic hydroxyl groups excluding tert-OH is 1. The molecule has 3 fully saturated rings. The zero-order valence-corrected chi connectivity index (χ0v) is 21.6. The highest BCUT2D eigenvalue weighted by atomic mass is 16.7. The lowest BCUT2D eigenvalue weighted by Gasteiger charge is -2.56. The molecule has 198 valence electrons. The molecule has 2 heterocycles. The minimum Gasteiger partial charge on any atom is -0.462 e. The Bertz CT molecular complexity index is 1050. The number of carbonyl (C=O) groups excluding carboxylic acids is 4. The Kier molecular flexibility index (Phi) is 6.36. The number of hydrogen-bond acceptors (Lipinski definition) is 10. The van der Waals surface area contributed by atoms with Gasteiger partial charge >= 0.3 is 23.9 Å². The van der Waals surface area contributed by atoms with Gasteiger partial charge in [0.1, 0.15) is 18.3 Å². The lowest BCUT2D eigenvalue weighted by Crippen LogP contribution is -2.65. The lowest BCUT2D eigenvalue weighted by molar-refractivity contribution is -0.224. The van der Waals surface area contributed by atoms with Crippen LogP contribution in [0.5, 0.6) is 0 Å². The molecule has 0 aromatic heterocycles. The number of carbonyl (C=O) groups is 4. The number of epoxide rings is 1. The van der Waals surface area contributed by atoms with Crippen molar-refractivity contribution in [1.29, 1.82) is 0 Å². The molecule has 10 heteroatoms. The van der Waals surface area contributed by atoms with Crippen molar-refractivity contribution in [3.05, 3.63) is 23.8 Å². The maximum Gasteiger partial charge on any atom is 0.342 e. The van der Waals surface area contributed by atoms with E-state index in [0.29, 0.717) is 5.57 Å². The Hall–Kier alpha value is -2.72. The van der Waals surface area contributed by atoms with Crippen LogP contribution in [0.3, 0.4) is 0 Å². The molecule has 2 aliphatic carbocycles. The first-order chi connectivity index (χ1) is 16.7. The molecule has 1 spiro atoms. The lowest BCUT2D eigenvalue weighted by atomic mass is 9.53. The molecule has 2 saturated heterocycles. The van der Waals surface area contributed by atoms with Crippen molar-refractivity contribution in [2.45, 2.75) is 96.6 Å². The highest BCUT2D eigenvalue weighted by molar-refractivity contribution is 5.89. The monoisotopic (exact) mass is 506 g/mol.